The van der Waals surface area contributed by atoms with Crippen molar-refractivity contribution in [2.24, 2.45) is 0 Å². The van der Waals surface area contributed by atoms with Crippen molar-refractivity contribution in [3.8, 4) is 0 Å². The van der Waals surface area contributed by atoms with E-state index in [0.29, 0.717) is 0 Å². The van der Waals surface area contributed by atoms with E-state index in [-0.39, 0.29) is 12.5 Å². The maximum atomic E-state index is 13.4. The fourth-order valence-electron chi connectivity index (χ4n) is 1.35. The highest BCUT2D eigenvalue weighted by Crippen LogP contribution is 2.20. The van der Waals surface area contributed by atoms with Gasteiger partial charge in [0.05, 0.1) is 5.56 Å². The number of nitrogens with one attached hydrogen (secondary N) is 1. The molecule has 0 fully saturated rings. The summed E-state index contributed by atoms with van der Waals surface area (Å²) in [6.45, 7) is 2.58. The lowest BCUT2D eigenvalue weighted by atomic mass is 9.98. The van der Waals surface area contributed by atoms with Gasteiger partial charge in [-0.2, -0.15) is 0 Å². The van der Waals surface area contributed by atoms with Gasteiger partial charge >= 0.3 is 5.97 Å². The molecular weight excluding hydrogens is 282 g/mol. The summed E-state index contributed by atoms with van der Waals surface area (Å²) in [4.78, 5) is 22.7. The topological polar surface area (TPSA) is 66.4 Å². The molecule has 0 aromatic heterocycles. The van der Waals surface area contributed by atoms with E-state index in [4.69, 9.17) is 5.11 Å². The van der Waals surface area contributed by atoms with Crippen LogP contribution in [-0.4, -0.2) is 22.5 Å². The SMILES string of the molecule is CCC(C)(NC(=O)c1cc(F)c(F)c(F)c1F)C(=O)O. The molecule has 0 aliphatic heterocycles. The second-order valence-electron chi connectivity index (χ2n) is 4.29. The molecule has 1 aromatic rings. The predicted molar refractivity (Wildman–Crippen MR) is 60.1 cm³/mol. The molecule has 0 saturated carbocycles. The second kappa shape index (κ2) is 5.48. The molecule has 20 heavy (non-hydrogen) atoms. The normalized spacial score (nSPS) is 13.7. The first kappa shape index (κ1) is 15.9. The van der Waals surface area contributed by atoms with Gasteiger partial charge in [0.1, 0.15) is 5.54 Å². The number of hydrogen-bond donors (Lipinski definition) is 2. The minimum absolute atomic E-state index is 0.0537. The van der Waals surface area contributed by atoms with Crippen molar-refractivity contribution in [2.45, 2.75) is 25.8 Å². The number of benzene rings is 1. The Kier molecular flexibility index (Phi) is 4.36. The molecule has 1 aromatic carbocycles. The van der Waals surface area contributed by atoms with Crippen LogP contribution in [0.5, 0.6) is 0 Å². The first-order valence-electron chi connectivity index (χ1n) is 5.53. The molecule has 110 valence electrons. The lowest BCUT2D eigenvalue weighted by Crippen LogP contribution is -2.51. The van der Waals surface area contributed by atoms with Gasteiger partial charge in [0, 0.05) is 0 Å². The van der Waals surface area contributed by atoms with Crippen LogP contribution >= 0.6 is 0 Å². The van der Waals surface area contributed by atoms with E-state index in [1.807, 2.05) is 5.32 Å². The highest BCUT2D eigenvalue weighted by molar-refractivity contribution is 5.98. The minimum Gasteiger partial charge on any atom is -0.480 e. The van der Waals surface area contributed by atoms with Crippen LogP contribution in [0.4, 0.5) is 17.6 Å². The van der Waals surface area contributed by atoms with Crippen molar-refractivity contribution in [1.29, 1.82) is 0 Å². The predicted octanol–water partition coefficient (Wildman–Crippen LogP) is 2.23. The van der Waals surface area contributed by atoms with Gasteiger partial charge in [-0.1, -0.05) is 6.92 Å². The van der Waals surface area contributed by atoms with E-state index in [1.54, 1.807) is 0 Å². The van der Waals surface area contributed by atoms with Gasteiger partial charge in [-0.05, 0) is 19.4 Å². The molecule has 0 radical (unpaired) electrons. The Bertz CT molecular complexity index is 576. The van der Waals surface area contributed by atoms with Crippen molar-refractivity contribution in [2.75, 3.05) is 0 Å². The fourth-order valence-corrected chi connectivity index (χ4v) is 1.35. The summed E-state index contributed by atoms with van der Waals surface area (Å²) in [6, 6.07) is 0.168. The molecule has 0 spiro atoms. The average molecular weight is 293 g/mol. The van der Waals surface area contributed by atoms with Crippen LogP contribution in [-0.2, 0) is 4.79 Å². The van der Waals surface area contributed by atoms with Gasteiger partial charge in [0.15, 0.2) is 23.3 Å². The van der Waals surface area contributed by atoms with Gasteiger partial charge in [0.25, 0.3) is 5.91 Å². The van der Waals surface area contributed by atoms with E-state index < -0.39 is 46.2 Å². The van der Waals surface area contributed by atoms with Crippen LogP contribution in [0, 0.1) is 23.3 Å². The first-order valence-corrected chi connectivity index (χ1v) is 5.53. The molecule has 4 nitrogen and oxygen atoms in total. The molecule has 1 unspecified atom stereocenters. The monoisotopic (exact) mass is 293 g/mol. The first-order chi connectivity index (χ1) is 9.14. The molecule has 0 bridgehead atoms. The van der Waals surface area contributed by atoms with Gasteiger partial charge in [0.2, 0.25) is 0 Å². The van der Waals surface area contributed by atoms with E-state index in [9.17, 15) is 27.2 Å². The lowest BCUT2D eigenvalue weighted by molar-refractivity contribution is -0.143. The standard InChI is InChI=1S/C12H11F4NO3/c1-3-12(2,11(19)20)17-10(18)5-4-6(13)8(15)9(16)7(5)14/h4H,3H2,1-2H3,(H,17,18)(H,19,20). The summed E-state index contributed by atoms with van der Waals surface area (Å²) in [5, 5.41) is 10.9. The molecule has 0 heterocycles. The number of rotatable bonds is 4. The Morgan fingerprint density at radius 3 is 2.20 bits per heavy atom. The maximum Gasteiger partial charge on any atom is 0.329 e. The molecule has 1 amide bonds. The molecule has 0 aliphatic rings. The molecule has 2 N–H and O–H groups in total. The summed E-state index contributed by atoms with van der Waals surface area (Å²) in [5.74, 6) is -10.6. The van der Waals surface area contributed by atoms with Crippen LogP contribution < -0.4 is 5.32 Å². The summed E-state index contributed by atoms with van der Waals surface area (Å²) in [6.07, 6.45) is -0.0537. The van der Waals surface area contributed by atoms with Crippen LogP contribution in [0.3, 0.4) is 0 Å². The van der Waals surface area contributed by atoms with Gasteiger partial charge in [-0.25, -0.2) is 22.4 Å². The largest absolute Gasteiger partial charge is 0.480 e. The number of hydrogen-bond acceptors (Lipinski definition) is 2. The Labute approximate surface area is 111 Å². The average Bonchev–Trinajstić information content (AvgIpc) is 2.39. The second-order valence-corrected chi connectivity index (χ2v) is 4.29. The Morgan fingerprint density at radius 2 is 1.75 bits per heavy atom. The number of carboxylic acids is 1. The minimum atomic E-state index is -2.14. The van der Waals surface area contributed by atoms with Gasteiger partial charge in [-0.15, -0.1) is 0 Å². The van der Waals surface area contributed by atoms with E-state index in [1.165, 1.54) is 6.92 Å². The van der Waals surface area contributed by atoms with Crippen molar-refractivity contribution in [3.63, 3.8) is 0 Å². The van der Waals surface area contributed by atoms with Crippen molar-refractivity contribution >= 4 is 11.9 Å². The molecule has 1 rings (SSSR count). The van der Waals surface area contributed by atoms with E-state index >= 15 is 0 Å². The molecule has 0 aliphatic carbocycles. The quantitative estimate of drug-likeness (QED) is 0.508. The van der Waals surface area contributed by atoms with Crippen LogP contribution in [0.2, 0.25) is 0 Å². The van der Waals surface area contributed by atoms with Gasteiger partial charge < -0.3 is 10.4 Å². The maximum absolute atomic E-state index is 13.4. The Morgan fingerprint density at radius 1 is 1.20 bits per heavy atom. The van der Waals surface area contributed by atoms with Crippen LogP contribution in [0.25, 0.3) is 0 Å². The number of aliphatic carboxylic acids is 1. The van der Waals surface area contributed by atoms with Crippen LogP contribution in [0.15, 0.2) is 6.07 Å². The smallest absolute Gasteiger partial charge is 0.329 e. The zero-order valence-electron chi connectivity index (χ0n) is 10.6. The Balaban J connectivity index is 3.20. The summed E-state index contributed by atoms with van der Waals surface area (Å²) in [5.41, 5.74) is -2.85. The third-order valence-corrected chi connectivity index (χ3v) is 2.92. The number of carbonyl (C=O) groups is 2. The number of carboxylic acid groups (broad SMARTS) is 1. The third-order valence-electron chi connectivity index (χ3n) is 2.92. The summed E-state index contributed by atoms with van der Waals surface area (Å²) < 4.78 is 52.1. The number of carbonyl (C=O) groups excluding carboxylic acids is 1. The zero-order valence-corrected chi connectivity index (χ0v) is 10.6. The molecule has 8 heteroatoms. The highest BCUT2D eigenvalue weighted by Gasteiger charge is 2.34. The van der Waals surface area contributed by atoms with Crippen LogP contribution in [0.1, 0.15) is 30.6 Å². The number of amides is 1. The molecular formula is C12H11F4NO3. The van der Waals surface area contributed by atoms with E-state index in [2.05, 4.69) is 0 Å². The highest BCUT2D eigenvalue weighted by atomic mass is 19.2. The molecule has 0 saturated heterocycles. The molecule has 1 atom stereocenters. The van der Waals surface area contributed by atoms with E-state index in [0.717, 1.165) is 6.92 Å². The lowest BCUT2D eigenvalue weighted by Gasteiger charge is -2.24. The van der Waals surface area contributed by atoms with Crippen molar-refractivity contribution in [3.05, 3.63) is 34.9 Å². The number of halogens is 4. The summed E-state index contributed by atoms with van der Waals surface area (Å²) in [7, 11) is 0. The Hall–Kier alpha value is -2.12. The zero-order chi connectivity index (χ0) is 15.7. The van der Waals surface area contributed by atoms with Crippen molar-refractivity contribution in [1.82, 2.24) is 5.32 Å². The fraction of sp³-hybridized carbons (Fsp3) is 0.333. The van der Waals surface area contributed by atoms with Gasteiger partial charge in [-0.3, -0.25) is 4.79 Å². The van der Waals surface area contributed by atoms with Crippen molar-refractivity contribution < 1.29 is 32.3 Å². The summed E-state index contributed by atoms with van der Waals surface area (Å²) >= 11 is 0. The third kappa shape index (κ3) is 2.73.